The van der Waals surface area contributed by atoms with Crippen LogP contribution < -0.4 is 0 Å². The molecule has 27 heavy (non-hydrogen) atoms. The van der Waals surface area contributed by atoms with E-state index in [1.807, 2.05) is 0 Å². The third kappa shape index (κ3) is 22.6. The maximum atomic E-state index is 4.98. The van der Waals surface area contributed by atoms with Gasteiger partial charge in [0.2, 0.25) is 0 Å². The van der Waals surface area contributed by atoms with Crippen LogP contribution in [0.2, 0.25) is 6.04 Å². The maximum Gasteiger partial charge on any atom is 0.180 e. The Morgan fingerprint density at radius 2 is 0.963 bits per heavy atom. The number of unbranched alkanes of at least 4 members (excludes halogenated alkanes) is 15. The molecule has 0 aliphatic rings. The van der Waals surface area contributed by atoms with E-state index in [1.54, 1.807) is 0 Å². The Kier molecular flexibility index (Phi) is 21.6. The molecule has 0 aliphatic heterocycles. The number of quaternary nitrogens is 1. The second-order valence-electron chi connectivity index (χ2n) is 9.23. The minimum absolute atomic E-state index is 0.342. The Hall–Kier alpha value is 0.487. The quantitative estimate of drug-likeness (QED) is 0.0649. The zero-order chi connectivity index (χ0) is 20.1. The van der Waals surface area contributed by atoms with Gasteiger partial charge in [-0.1, -0.05) is 96.8 Å². The van der Waals surface area contributed by atoms with Gasteiger partial charge in [-0.2, -0.15) is 0 Å². The third-order valence-electron chi connectivity index (χ3n) is 5.87. The molecule has 0 heterocycles. The normalized spacial score (nSPS) is 12.4. The molecular formula is C23H52NOSSi+. The Labute approximate surface area is 180 Å². The van der Waals surface area contributed by atoms with Gasteiger partial charge in [-0.3, -0.25) is 0 Å². The van der Waals surface area contributed by atoms with E-state index < -0.39 is 0 Å². The summed E-state index contributed by atoms with van der Waals surface area (Å²) in [5, 5.41) is 0. The lowest BCUT2D eigenvalue weighted by Gasteiger charge is -2.29. The van der Waals surface area contributed by atoms with E-state index in [0.29, 0.717) is 0 Å². The van der Waals surface area contributed by atoms with Crippen molar-refractivity contribution in [1.82, 2.24) is 0 Å². The minimum atomic E-state index is -0.342. The summed E-state index contributed by atoms with van der Waals surface area (Å²) in [4.78, 5) is 0. The van der Waals surface area contributed by atoms with E-state index in [-0.39, 0.29) is 9.76 Å². The molecule has 0 bridgehead atoms. The van der Waals surface area contributed by atoms with E-state index in [4.69, 9.17) is 3.87 Å². The number of hydrogen-bond donors (Lipinski definition) is 1. The molecule has 0 radical (unpaired) electrons. The van der Waals surface area contributed by atoms with E-state index in [2.05, 4.69) is 33.9 Å². The number of nitrogens with zero attached hydrogens (tertiary/aromatic N) is 1. The second-order valence-corrected chi connectivity index (χ2v) is 11.4. The standard InChI is InChI=1S/C23H51NOSSi/c1-4-5-6-7-8-9-10-11-12-13-14-15-16-17-18-19-21-24(2,3)22-20-23-27-25-26/h4-23,27H2,1-3H3/p+1. The monoisotopic (exact) mass is 418 g/mol. The molecular weight excluding hydrogens is 366 g/mol. The highest BCUT2D eigenvalue weighted by atomic mass is 32.1. The van der Waals surface area contributed by atoms with Crippen LogP contribution in [-0.2, 0) is 3.87 Å². The molecule has 0 saturated heterocycles. The average Bonchev–Trinajstić information content (AvgIpc) is 2.65. The number of hydrogen-bond acceptors (Lipinski definition) is 2. The van der Waals surface area contributed by atoms with Crippen molar-refractivity contribution in [3.05, 3.63) is 0 Å². The zero-order valence-corrected chi connectivity index (χ0v) is 21.5. The topological polar surface area (TPSA) is 9.23 Å². The summed E-state index contributed by atoms with van der Waals surface area (Å²) in [6.45, 7) is 4.93. The molecule has 164 valence electrons. The summed E-state index contributed by atoms with van der Waals surface area (Å²) < 4.78 is 6.16. The Morgan fingerprint density at radius 1 is 0.593 bits per heavy atom. The van der Waals surface area contributed by atoms with Crippen molar-refractivity contribution >= 4 is 22.7 Å². The summed E-state index contributed by atoms with van der Waals surface area (Å²) in [5.41, 5.74) is 0. The highest BCUT2D eigenvalue weighted by molar-refractivity contribution is 7.75. The molecule has 0 atom stereocenters. The van der Waals surface area contributed by atoms with Crippen LogP contribution in [0, 0.1) is 0 Å². The van der Waals surface area contributed by atoms with Gasteiger partial charge >= 0.3 is 0 Å². The van der Waals surface area contributed by atoms with Crippen molar-refractivity contribution in [1.29, 1.82) is 0 Å². The fourth-order valence-electron chi connectivity index (χ4n) is 3.91. The van der Waals surface area contributed by atoms with Crippen LogP contribution in [0.5, 0.6) is 0 Å². The van der Waals surface area contributed by atoms with Crippen molar-refractivity contribution in [2.75, 3.05) is 27.2 Å². The molecule has 0 amide bonds. The first-order chi connectivity index (χ1) is 13.1. The SMILES string of the molecule is CCCCCCCCCCCCCCCCCC[N+](C)(C)CCC[SiH2]OS. The van der Waals surface area contributed by atoms with Gasteiger partial charge in [-0.25, -0.2) is 0 Å². The summed E-state index contributed by atoms with van der Waals surface area (Å²) in [7, 11) is 4.42. The fourth-order valence-corrected chi connectivity index (χ4v) is 4.85. The second kappa shape index (κ2) is 21.2. The average molecular weight is 419 g/mol. The van der Waals surface area contributed by atoms with Crippen molar-refractivity contribution < 1.29 is 8.36 Å². The first-order valence-electron chi connectivity index (χ1n) is 12.2. The smallest absolute Gasteiger partial charge is 0.180 e. The Bertz CT molecular complexity index is 290. The van der Waals surface area contributed by atoms with Gasteiger partial charge < -0.3 is 8.36 Å². The van der Waals surface area contributed by atoms with Crippen LogP contribution in [-0.4, -0.2) is 41.4 Å². The Morgan fingerprint density at radius 3 is 1.37 bits per heavy atom. The molecule has 0 aromatic rings. The summed E-state index contributed by atoms with van der Waals surface area (Å²) >= 11 is 3.86. The van der Waals surface area contributed by atoms with E-state index in [9.17, 15) is 0 Å². The Balaban J connectivity index is 3.20. The van der Waals surface area contributed by atoms with Gasteiger partial charge in [-0.15, -0.1) is 0 Å². The molecule has 4 heteroatoms. The number of rotatable bonds is 22. The summed E-state index contributed by atoms with van der Waals surface area (Å²) in [6.07, 6.45) is 24.5. The highest BCUT2D eigenvalue weighted by Gasteiger charge is 2.13. The lowest BCUT2D eigenvalue weighted by atomic mass is 10.0. The van der Waals surface area contributed by atoms with Gasteiger partial charge in [-0.05, 0) is 38.2 Å². The van der Waals surface area contributed by atoms with Gasteiger partial charge in [0.05, 0.1) is 27.2 Å². The summed E-state index contributed by atoms with van der Waals surface area (Å²) in [6, 6.07) is 1.27. The van der Waals surface area contributed by atoms with Crippen LogP contribution in [0.3, 0.4) is 0 Å². The van der Waals surface area contributed by atoms with Crippen LogP contribution in [0.25, 0.3) is 0 Å². The third-order valence-corrected chi connectivity index (χ3v) is 7.39. The molecule has 0 saturated carbocycles. The van der Waals surface area contributed by atoms with Gasteiger partial charge in [0.25, 0.3) is 0 Å². The van der Waals surface area contributed by atoms with Crippen molar-refractivity contribution in [3.63, 3.8) is 0 Å². The molecule has 0 unspecified atom stereocenters. The van der Waals surface area contributed by atoms with Gasteiger partial charge in [0.1, 0.15) is 0 Å². The number of thiol groups is 1. The largest absolute Gasteiger partial charge is 0.367 e. The summed E-state index contributed by atoms with van der Waals surface area (Å²) in [5.74, 6) is 0. The lowest BCUT2D eigenvalue weighted by molar-refractivity contribution is -0.890. The van der Waals surface area contributed by atoms with Crippen molar-refractivity contribution in [2.45, 2.75) is 122 Å². The molecule has 0 spiro atoms. The predicted molar refractivity (Wildman–Crippen MR) is 129 cm³/mol. The van der Waals surface area contributed by atoms with E-state index >= 15 is 0 Å². The molecule has 0 N–H and O–H groups in total. The predicted octanol–water partition coefficient (Wildman–Crippen LogP) is 7.08. The molecule has 0 fully saturated rings. The first-order valence-corrected chi connectivity index (χ1v) is 14.1. The molecule has 2 nitrogen and oxygen atoms in total. The van der Waals surface area contributed by atoms with E-state index in [0.717, 1.165) is 0 Å². The van der Waals surface area contributed by atoms with Gasteiger partial charge in [0.15, 0.2) is 9.76 Å². The molecule has 0 rings (SSSR count). The maximum absolute atomic E-state index is 4.98. The van der Waals surface area contributed by atoms with Crippen LogP contribution in [0.4, 0.5) is 0 Å². The van der Waals surface area contributed by atoms with Crippen LogP contribution in [0.15, 0.2) is 0 Å². The lowest BCUT2D eigenvalue weighted by Crippen LogP contribution is -2.41. The fraction of sp³-hybridized carbons (Fsp3) is 1.00. The highest BCUT2D eigenvalue weighted by Crippen LogP contribution is 2.14. The van der Waals surface area contributed by atoms with Crippen molar-refractivity contribution in [3.8, 4) is 0 Å². The zero-order valence-electron chi connectivity index (χ0n) is 19.2. The van der Waals surface area contributed by atoms with Crippen LogP contribution >= 0.6 is 12.9 Å². The molecule has 0 aromatic heterocycles. The van der Waals surface area contributed by atoms with E-state index in [1.165, 1.54) is 133 Å². The first kappa shape index (κ1) is 27.5. The molecule has 0 aromatic carbocycles. The van der Waals surface area contributed by atoms with Gasteiger partial charge in [0, 0.05) is 0 Å². The van der Waals surface area contributed by atoms with Crippen LogP contribution in [0.1, 0.15) is 116 Å². The molecule has 0 aliphatic carbocycles. The minimum Gasteiger partial charge on any atom is -0.367 e. The van der Waals surface area contributed by atoms with Crippen molar-refractivity contribution in [2.24, 2.45) is 0 Å².